The Bertz CT molecular complexity index is 337. The van der Waals surface area contributed by atoms with Gasteiger partial charge in [0.1, 0.15) is 5.75 Å². The molecule has 3 heteroatoms. The van der Waals surface area contributed by atoms with Gasteiger partial charge >= 0.3 is 0 Å². The van der Waals surface area contributed by atoms with Gasteiger partial charge in [-0.25, -0.2) is 0 Å². The van der Waals surface area contributed by atoms with Gasteiger partial charge in [0.15, 0.2) is 0 Å². The van der Waals surface area contributed by atoms with Crippen molar-refractivity contribution in [1.82, 2.24) is 5.32 Å². The number of hydrogen-bond acceptors (Lipinski definition) is 3. The van der Waals surface area contributed by atoms with Gasteiger partial charge in [-0.1, -0.05) is 6.07 Å². The molecular formula is C13H21NO2. The molecule has 0 heterocycles. The number of methoxy groups -OCH3 is 2. The van der Waals surface area contributed by atoms with Crippen LogP contribution in [0.4, 0.5) is 0 Å². The Hall–Kier alpha value is -1.06. The van der Waals surface area contributed by atoms with Gasteiger partial charge in [-0.05, 0) is 43.0 Å². The first kappa shape index (κ1) is 13.0. The van der Waals surface area contributed by atoms with Crippen molar-refractivity contribution < 1.29 is 9.47 Å². The smallest absolute Gasteiger partial charge is 0.122 e. The molecule has 0 saturated heterocycles. The van der Waals surface area contributed by atoms with E-state index in [4.69, 9.17) is 9.47 Å². The molecule has 0 bridgehead atoms. The Morgan fingerprint density at radius 1 is 1.12 bits per heavy atom. The van der Waals surface area contributed by atoms with Gasteiger partial charge in [0.2, 0.25) is 0 Å². The van der Waals surface area contributed by atoms with Gasteiger partial charge in [0.05, 0.1) is 13.8 Å². The van der Waals surface area contributed by atoms with Crippen LogP contribution in [0.5, 0.6) is 5.75 Å². The molecule has 90 valence electrons. The summed E-state index contributed by atoms with van der Waals surface area (Å²) in [7, 11) is 3.40. The van der Waals surface area contributed by atoms with Crippen LogP contribution in [0.1, 0.15) is 16.7 Å². The summed E-state index contributed by atoms with van der Waals surface area (Å²) in [5.41, 5.74) is 3.82. The minimum atomic E-state index is 0.590. The fourth-order valence-electron chi connectivity index (χ4n) is 1.63. The largest absolute Gasteiger partial charge is 0.496 e. The molecule has 0 aliphatic rings. The molecule has 1 N–H and O–H groups in total. The molecule has 3 nitrogen and oxygen atoms in total. The van der Waals surface area contributed by atoms with Crippen molar-refractivity contribution in [3.8, 4) is 5.75 Å². The lowest BCUT2D eigenvalue weighted by Crippen LogP contribution is -2.19. The van der Waals surface area contributed by atoms with E-state index in [1.807, 2.05) is 0 Å². The molecular weight excluding hydrogens is 202 g/mol. The lowest BCUT2D eigenvalue weighted by atomic mass is 10.0. The quantitative estimate of drug-likeness (QED) is 0.591. The number of aryl methyl sites for hydroxylation is 2. The summed E-state index contributed by atoms with van der Waals surface area (Å²) in [6, 6.07) is 4.30. The van der Waals surface area contributed by atoms with Crippen LogP contribution in [0.3, 0.4) is 0 Å². The predicted octanol–water partition coefficient (Wildman–Crippen LogP) is 2.05. The fraction of sp³-hybridized carbons (Fsp3) is 0.538. The Kier molecular flexibility index (Phi) is 5.29. The molecule has 0 amide bonds. The standard InChI is InChI=1S/C13H21NO2/c1-10-7-12(5-6-14-9-15-3)13(16-4)8-11(10)2/h7-8,14H,5-6,9H2,1-4H3. The van der Waals surface area contributed by atoms with Crippen molar-refractivity contribution in [3.05, 3.63) is 28.8 Å². The summed E-state index contributed by atoms with van der Waals surface area (Å²) >= 11 is 0. The number of benzene rings is 1. The third-order valence-electron chi connectivity index (χ3n) is 2.71. The molecule has 0 radical (unpaired) electrons. The Balaban J connectivity index is 2.66. The van der Waals surface area contributed by atoms with E-state index in [2.05, 4.69) is 31.3 Å². The van der Waals surface area contributed by atoms with Gasteiger partial charge in [0.25, 0.3) is 0 Å². The molecule has 0 fully saturated rings. The van der Waals surface area contributed by atoms with Crippen molar-refractivity contribution in [2.45, 2.75) is 20.3 Å². The van der Waals surface area contributed by atoms with Crippen LogP contribution in [0.2, 0.25) is 0 Å². The maximum atomic E-state index is 5.38. The average Bonchev–Trinajstić information content (AvgIpc) is 2.28. The average molecular weight is 223 g/mol. The molecule has 0 unspecified atom stereocenters. The first-order chi connectivity index (χ1) is 7.69. The molecule has 16 heavy (non-hydrogen) atoms. The van der Waals surface area contributed by atoms with E-state index in [1.165, 1.54) is 16.7 Å². The first-order valence-electron chi connectivity index (χ1n) is 5.52. The Morgan fingerprint density at radius 3 is 2.44 bits per heavy atom. The third-order valence-corrected chi connectivity index (χ3v) is 2.71. The van der Waals surface area contributed by atoms with E-state index in [0.29, 0.717) is 6.73 Å². The van der Waals surface area contributed by atoms with Crippen molar-refractivity contribution in [3.63, 3.8) is 0 Å². The van der Waals surface area contributed by atoms with E-state index >= 15 is 0 Å². The van der Waals surface area contributed by atoms with Crippen molar-refractivity contribution in [2.24, 2.45) is 0 Å². The minimum Gasteiger partial charge on any atom is -0.496 e. The molecule has 1 aromatic carbocycles. The maximum Gasteiger partial charge on any atom is 0.122 e. The van der Waals surface area contributed by atoms with Gasteiger partial charge < -0.3 is 9.47 Å². The molecule has 1 rings (SSSR count). The lowest BCUT2D eigenvalue weighted by Gasteiger charge is -2.12. The van der Waals surface area contributed by atoms with Gasteiger partial charge in [0, 0.05) is 13.7 Å². The highest BCUT2D eigenvalue weighted by molar-refractivity contribution is 5.41. The van der Waals surface area contributed by atoms with Crippen LogP contribution in [-0.2, 0) is 11.2 Å². The van der Waals surface area contributed by atoms with Crippen LogP contribution in [0.25, 0.3) is 0 Å². The second kappa shape index (κ2) is 6.51. The lowest BCUT2D eigenvalue weighted by molar-refractivity contribution is 0.176. The fourth-order valence-corrected chi connectivity index (χ4v) is 1.63. The zero-order valence-electron chi connectivity index (χ0n) is 10.6. The SMILES string of the molecule is COCNCCc1cc(C)c(C)cc1OC. The third kappa shape index (κ3) is 3.51. The summed E-state index contributed by atoms with van der Waals surface area (Å²) in [4.78, 5) is 0. The van der Waals surface area contributed by atoms with E-state index in [9.17, 15) is 0 Å². The minimum absolute atomic E-state index is 0.590. The second-order valence-corrected chi connectivity index (χ2v) is 3.93. The predicted molar refractivity (Wildman–Crippen MR) is 66.1 cm³/mol. The zero-order chi connectivity index (χ0) is 12.0. The van der Waals surface area contributed by atoms with Crippen molar-refractivity contribution in [1.29, 1.82) is 0 Å². The van der Waals surface area contributed by atoms with Crippen LogP contribution < -0.4 is 10.1 Å². The highest BCUT2D eigenvalue weighted by atomic mass is 16.5. The molecule has 0 spiro atoms. The maximum absolute atomic E-state index is 5.38. The van der Waals surface area contributed by atoms with Gasteiger partial charge in [-0.3, -0.25) is 5.32 Å². The Labute approximate surface area is 97.8 Å². The highest BCUT2D eigenvalue weighted by Crippen LogP contribution is 2.23. The highest BCUT2D eigenvalue weighted by Gasteiger charge is 2.05. The monoisotopic (exact) mass is 223 g/mol. The van der Waals surface area contributed by atoms with Crippen LogP contribution in [0.15, 0.2) is 12.1 Å². The van der Waals surface area contributed by atoms with Crippen LogP contribution in [0, 0.1) is 13.8 Å². The molecule has 0 aromatic heterocycles. The van der Waals surface area contributed by atoms with Crippen molar-refractivity contribution >= 4 is 0 Å². The van der Waals surface area contributed by atoms with Gasteiger partial charge in [-0.2, -0.15) is 0 Å². The Morgan fingerprint density at radius 2 is 1.81 bits per heavy atom. The zero-order valence-corrected chi connectivity index (χ0v) is 10.6. The molecule has 0 atom stereocenters. The number of rotatable bonds is 6. The molecule has 1 aromatic rings. The van der Waals surface area contributed by atoms with E-state index in [-0.39, 0.29) is 0 Å². The summed E-state index contributed by atoms with van der Waals surface area (Å²) in [5, 5.41) is 3.19. The summed E-state index contributed by atoms with van der Waals surface area (Å²) < 4.78 is 10.3. The summed E-state index contributed by atoms with van der Waals surface area (Å²) in [5.74, 6) is 0.974. The van der Waals surface area contributed by atoms with E-state index in [1.54, 1.807) is 14.2 Å². The van der Waals surface area contributed by atoms with Crippen LogP contribution in [-0.4, -0.2) is 27.5 Å². The summed E-state index contributed by atoms with van der Waals surface area (Å²) in [6.07, 6.45) is 0.952. The van der Waals surface area contributed by atoms with E-state index < -0.39 is 0 Å². The second-order valence-electron chi connectivity index (χ2n) is 3.93. The van der Waals surface area contributed by atoms with Crippen molar-refractivity contribution in [2.75, 3.05) is 27.5 Å². The molecule has 0 saturated carbocycles. The summed E-state index contributed by atoms with van der Waals surface area (Å²) in [6.45, 7) is 5.71. The molecule has 0 aliphatic carbocycles. The number of hydrogen-bond donors (Lipinski definition) is 1. The van der Waals surface area contributed by atoms with Crippen LogP contribution >= 0.6 is 0 Å². The molecule has 0 aliphatic heterocycles. The van der Waals surface area contributed by atoms with Gasteiger partial charge in [-0.15, -0.1) is 0 Å². The topological polar surface area (TPSA) is 30.5 Å². The number of nitrogens with one attached hydrogen (secondary N) is 1. The number of ether oxygens (including phenoxy) is 2. The normalized spacial score (nSPS) is 10.5. The first-order valence-corrected chi connectivity index (χ1v) is 5.52. The van der Waals surface area contributed by atoms with E-state index in [0.717, 1.165) is 18.7 Å².